The van der Waals surface area contributed by atoms with Gasteiger partial charge in [0.15, 0.2) is 0 Å². The van der Waals surface area contributed by atoms with Crippen molar-refractivity contribution in [3.63, 3.8) is 0 Å². The minimum atomic E-state index is -0.582. The number of fused-ring (bicyclic) bond motifs is 1. The Morgan fingerprint density at radius 1 is 1.25 bits per heavy atom. The predicted octanol–water partition coefficient (Wildman–Crippen LogP) is 0.835. The summed E-state index contributed by atoms with van der Waals surface area (Å²) < 4.78 is 0. The van der Waals surface area contributed by atoms with E-state index >= 15 is 0 Å². The molecule has 3 rings (SSSR count). The van der Waals surface area contributed by atoms with Gasteiger partial charge in [0.2, 0.25) is 0 Å². The van der Waals surface area contributed by atoms with Crippen molar-refractivity contribution in [1.82, 2.24) is 9.96 Å². The fraction of sp³-hybridized carbons (Fsp3) is 0.357. The summed E-state index contributed by atoms with van der Waals surface area (Å²) in [5.74, 6) is -1.71. The molecule has 1 fully saturated rings. The Morgan fingerprint density at radius 3 is 2.30 bits per heavy atom. The van der Waals surface area contributed by atoms with Crippen molar-refractivity contribution in [3.8, 4) is 0 Å². The number of hydroxylamine groups is 2. The molecule has 2 aliphatic heterocycles. The monoisotopic (exact) mass is 274 g/mol. The molecule has 6 heteroatoms. The number of nitrogens with zero attached hydrogens (tertiary/aromatic N) is 2. The van der Waals surface area contributed by atoms with Crippen LogP contribution in [0.4, 0.5) is 0 Å². The maximum absolute atomic E-state index is 12.0. The summed E-state index contributed by atoms with van der Waals surface area (Å²) in [5, 5.41) is 0.569. The molecule has 2 aliphatic rings. The van der Waals surface area contributed by atoms with Crippen LogP contribution < -0.4 is 0 Å². The van der Waals surface area contributed by atoms with Crippen molar-refractivity contribution in [2.75, 3.05) is 13.1 Å². The maximum atomic E-state index is 12.0. The zero-order valence-electron chi connectivity index (χ0n) is 11.0. The zero-order valence-corrected chi connectivity index (χ0v) is 11.0. The highest BCUT2D eigenvalue weighted by Crippen LogP contribution is 2.24. The molecular formula is C14H14N2O4. The van der Waals surface area contributed by atoms with Crippen LogP contribution in [0.2, 0.25) is 0 Å². The van der Waals surface area contributed by atoms with E-state index in [0.717, 1.165) is 13.1 Å². The first-order chi connectivity index (χ1) is 9.63. The molecule has 2 heterocycles. The van der Waals surface area contributed by atoms with Crippen molar-refractivity contribution in [1.29, 1.82) is 0 Å². The second-order valence-electron chi connectivity index (χ2n) is 4.79. The van der Waals surface area contributed by atoms with E-state index in [0.29, 0.717) is 11.5 Å². The van der Waals surface area contributed by atoms with Gasteiger partial charge in [0.05, 0.1) is 11.1 Å². The summed E-state index contributed by atoms with van der Waals surface area (Å²) in [6.45, 7) is 3.52. The molecular weight excluding hydrogens is 260 g/mol. The van der Waals surface area contributed by atoms with Gasteiger partial charge in [-0.15, -0.1) is 0 Å². The van der Waals surface area contributed by atoms with Crippen LogP contribution in [0.1, 0.15) is 34.1 Å². The molecule has 0 radical (unpaired) electrons. The second kappa shape index (κ2) is 4.72. The van der Waals surface area contributed by atoms with Gasteiger partial charge in [-0.1, -0.05) is 24.1 Å². The number of benzene rings is 1. The lowest BCUT2D eigenvalue weighted by Crippen LogP contribution is -2.54. The molecule has 0 saturated carbocycles. The highest BCUT2D eigenvalue weighted by molar-refractivity contribution is 6.20. The summed E-state index contributed by atoms with van der Waals surface area (Å²) in [4.78, 5) is 43.0. The smallest absolute Gasteiger partial charge is 0.328 e. The molecule has 0 N–H and O–H groups in total. The molecule has 1 saturated heterocycles. The lowest BCUT2D eigenvalue weighted by molar-refractivity contribution is -0.179. The quantitative estimate of drug-likeness (QED) is 0.764. The number of likely N-dealkylation sites (tertiary alicyclic amines) is 1. The van der Waals surface area contributed by atoms with Gasteiger partial charge in [0, 0.05) is 6.54 Å². The van der Waals surface area contributed by atoms with Gasteiger partial charge < -0.3 is 4.84 Å². The highest BCUT2D eigenvalue weighted by atomic mass is 16.7. The minimum absolute atomic E-state index is 0.270. The predicted molar refractivity (Wildman–Crippen MR) is 68.7 cm³/mol. The van der Waals surface area contributed by atoms with Crippen molar-refractivity contribution in [2.24, 2.45) is 0 Å². The molecule has 1 unspecified atom stereocenters. The van der Waals surface area contributed by atoms with E-state index in [-0.39, 0.29) is 17.2 Å². The Bertz CT molecular complexity index is 562. The Kier molecular flexibility index (Phi) is 3.02. The maximum Gasteiger partial charge on any atom is 0.350 e. The molecule has 6 nitrogen and oxygen atoms in total. The van der Waals surface area contributed by atoms with E-state index in [1.54, 1.807) is 24.3 Å². The third-order valence-electron chi connectivity index (χ3n) is 3.75. The number of imide groups is 1. The lowest BCUT2D eigenvalue weighted by Gasteiger charge is -2.38. The van der Waals surface area contributed by atoms with E-state index < -0.39 is 17.8 Å². The average molecular weight is 274 g/mol. The molecule has 20 heavy (non-hydrogen) atoms. The number of likely N-dealkylation sites (N-methyl/N-ethyl adjacent to an activating group) is 1. The van der Waals surface area contributed by atoms with Crippen LogP contribution in [-0.4, -0.2) is 46.9 Å². The number of amides is 2. The first-order valence-electron chi connectivity index (χ1n) is 6.57. The van der Waals surface area contributed by atoms with E-state index in [9.17, 15) is 14.4 Å². The Morgan fingerprint density at radius 2 is 1.85 bits per heavy atom. The SMILES string of the molecule is CCN1CCC1C(=O)ON1C(=O)c2ccccc2C1=O. The second-order valence-corrected chi connectivity index (χ2v) is 4.79. The number of carbonyl (C=O) groups excluding carboxylic acids is 3. The van der Waals surface area contributed by atoms with Crippen LogP contribution in [0.3, 0.4) is 0 Å². The minimum Gasteiger partial charge on any atom is -0.328 e. The first-order valence-corrected chi connectivity index (χ1v) is 6.57. The van der Waals surface area contributed by atoms with E-state index in [1.165, 1.54) is 0 Å². The molecule has 0 aromatic heterocycles. The Hall–Kier alpha value is -2.21. The third kappa shape index (κ3) is 1.80. The molecule has 2 amide bonds. The van der Waals surface area contributed by atoms with Gasteiger partial charge in [-0.3, -0.25) is 14.5 Å². The van der Waals surface area contributed by atoms with E-state index in [2.05, 4.69) is 0 Å². The zero-order chi connectivity index (χ0) is 14.3. The molecule has 1 aromatic rings. The van der Waals surface area contributed by atoms with Crippen LogP contribution in [0.25, 0.3) is 0 Å². The van der Waals surface area contributed by atoms with Gasteiger partial charge in [-0.2, -0.15) is 0 Å². The number of rotatable bonds is 3. The molecule has 0 spiro atoms. The van der Waals surface area contributed by atoms with Gasteiger partial charge in [0.25, 0.3) is 11.8 Å². The first kappa shape index (κ1) is 12.8. The molecule has 0 aliphatic carbocycles. The number of hydrogen-bond acceptors (Lipinski definition) is 5. The summed E-state index contributed by atoms with van der Waals surface area (Å²) in [7, 11) is 0. The van der Waals surface area contributed by atoms with Crippen molar-refractivity contribution < 1.29 is 19.2 Å². The topological polar surface area (TPSA) is 66.9 Å². The van der Waals surface area contributed by atoms with Crippen molar-refractivity contribution >= 4 is 17.8 Å². The summed E-state index contributed by atoms with van der Waals surface area (Å²) in [6.07, 6.45) is 0.690. The number of hydrogen-bond donors (Lipinski definition) is 0. The fourth-order valence-electron chi connectivity index (χ4n) is 2.49. The third-order valence-corrected chi connectivity index (χ3v) is 3.75. The van der Waals surface area contributed by atoms with Crippen LogP contribution in [0, 0.1) is 0 Å². The largest absolute Gasteiger partial charge is 0.350 e. The normalized spacial score (nSPS) is 21.6. The number of carbonyl (C=O) groups is 3. The lowest BCUT2D eigenvalue weighted by atomic mass is 10.0. The average Bonchev–Trinajstić information content (AvgIpc) is 2.64. The van der Waals surface area contributed by atoms with Crippen LogP contribution in [0.5, 0.6) is 0 Å². The van der Waals surface area contributed by atoms with Crippen LogP contribution in [0.15, 0.2) is 24.3 Å². The van der Waals surface area contributed by atoms with E-state index in [4.69, 9.17) is 4.84 Å². The van der Waals surface area contributed by atoms with Crippen molar-refractivity contribution in [3.05, 3.63) is 35.4 Å². The fourth-order valence-corrected chi connectivity index (χ4v) is 2.49. The van der Waals surface area contributed by atoms with Gasteiger partial charge in [-0.25, -0.2) is 4.79 Å². The summed E-state index contributed by atoms with van der Waals surface area (Å²) in [5.41, 5.74) is 0.539. The van der Waals surface area contributed by atoms with Crippen LogP contribution in [-0.2, 0) is 9.63 Å². The molecule has 1 atom stereocenters. The van der Waals surface area contributed by atoms with Gasteiger partial charge in [0.1, 0.15) is 6.04 Å². The Labute approximate surface area is 115 Å². The van der Waals surface area contributed by atoms with Crippen LogP contribution >= 0.6 is 0 Å². The van der Waals surface area contributed by atoms with Gasteiger partial charge >= 0.3 is 5.97 Å². The summed E-state index contributed by atoms with van der Waals surface area (Å²) in [6, 6.07) is 6.07. The van der Waals surface area contributed by atoms with Gasteiger partial charge in [-0.05, 0) is 25.1 Å². The molecule has 1 aromatic carbocycles. The van der Waals surface area contributed by atoms with Crippen molar-refractivity contribution in [2.45, 2.75) is 19.4 Å². The summed E-state index contributed by atoms with van der Waals surface area (Å²) >= 11 is 0. The molecule has 104 valence electrons. The molecule has 0 bridgehead atoms. The highest BCUT2D eigenvalue weighted by Gasteiger charge is 2.42. The standard InChI is InChI=1S/C14H14N2O4/c1-2-15-8-7-11(15)14(19)20-16-12(17)9-5-3-4-6-10(9)13(16)18/h3-6,11H,2,7-8H2,1H3. The van der Waals surface area contributed by atoms with E-state index in [1.807, 2.05) is 11.8 Å². The Balaban J connectivity index is 1.75.